The van der Waals surface area contributed by atoms with E-state index < -0.39 is 0 Å². The second kappa shape index (κ2) is 7.52. The van der Waals surface area contributed by atoms with E-state index in [9.17, 15) is 0 Å². The van der Waals surface area contributed by atoms with Crippen LogP contribution in [0.3, 0.4) is 0 Å². The van der Waals surface area contributed by atoms with Gasteiger partial charge in [-0.25, -0.2) is 0 Å². The maximum atomic E-state index is 6.29. The zero-order valence-electron chi connectivity index (χ0n) is 11.6. The predicted molar refractivity (Wildman–Crippen MR) is 84.1 cm³/mol. The molecule has 0 aromatic heterocycles. The van der Waals surface area contributed by atoms with Crippen LogP contribution in [-0.4, -0.2) is 7.05 Å². The highest BCUT2D eigenvalue weighted by molar-refractivity contribution is 6.33. The normalized spacial score (nSPS) is 18.5. The van der Waals surface area contributed by atoms with Gasteiger partial charge >= 0.3 is 0 Å². The van der Waals surface area contributed by atoms with Crippen molar-refractivity contribution < 1.29 is 0 Å². The molecule has 1 saturated carbocycles. The monoisotopic (exact) mass is 299 g/mol. The van der Waals surface area contributed by atoms with Crippen LogP contribution in [0, 0.1) is 5.92 Å². The van der Waals surface area contributed by atoms with Crippen molar-refractivity contribution in [3.8, 4) is 0 Å². The summed E-state index contributed by atoms with van der Waals surface area (Å²) in [5.74, 6) is 0.905. The Balaban J connectivity index is 1.97. The lowest BCUT2D eigenvalue weighted by Crippen LogP contribution is -2.18. The quantitative estimate of drug-likeness (QED) is 0.744. The number of benzene rings is 1. The van der Waals surface area contributed by atoms with Gasteiger partial charge in [0.2, 0.25) is 0 Å². The molecule has 1 N–H and O–H groups in total. The van der Waals surface area contributed by atoms with Crippen molar-refractivity contribution >= 4 is 23.2 Å². The van der Waals surface area contributed by atoms with Gasteiger partial charge in [-0.1, -0.05) is 55.3 Å². The van der Waals surface area contributed by atoms with Gasteiger partial charge in [0.15, 0.2) is 0 Å². The molecule has 3 heteroatoms. The Bertz CT molecular complexity index is 400. The van der Waals surface area contributed by atoms with Crippen molar-refractivity contribution in [3.63, 3.8) is 0 Å². The lowest BCUT2D eigenvalue weighted by Gasteiger charge is -2.25. The molecule has 0 bridgehead atoms. The molecule has 0 heterocycles. The molecule has 106 valence electrons. The molecular weight excluding hydrogens is 277 g/mol. The van der Waals surface area contributed by atoms with Crippen molar-refractivity contribution in [3.05, 3.63) is 33.8 Å². The van der Waals surface area contributed by atoms with E-state index >= 15 is 0 Å². The molecule has 1 unspecified atom stereocenters. The SMILES string of the molecule is CNC(CCC1CCCCC1)c1cc(Cl)ccc1Cl. The van der Waals surface area contributed by atoms with Crippen LogP contribution in [0.4, 0.5) is 0 Å². The van der Waals surface area contributed by atoms with Gasteiger partial charge in [-0.15, -0.1) is 0 Å². The summed E-state index contributed by atoms with van der Waals surface area (Å²) in [5.41, 5.74) is 1.13. The summed E-state index contributed by atoms with van der Waals surface area (Å²) in [6, 6.07) is 6.05. The third-order valence-corrected chi connectivity index (χ3v) is 4.85. The second-order valence-electron chi connectivity index (χ2n) is 5.59. The van der Waals surface area contributed by atoms with Crippen LogP contribution >= 0.6 is 23.2 Å². The van der Waals surface area contributed by atoms with Gasteiger partial charge in [0.05, 0.1) is 0 Å². The number of rotatable bonds is 5. The molecule has 19 heavy (non-hydrogen) atoms. The van der Waals surface area contributed by atoms with Crippen LogP contribution in [0.15, 0.2) is 18.2 Å². The van der Waals surface area contributed by atoms with Gasteiger partial charge in [-0.3, -0.25) is 0 Å². The predicted octanol–water partition coefficient (Wildman–Crippen LogP) is 5.61. The number of nitrogens with one attached hydrogen (secondary N) is 1. The summed E-state index contributed by atoms with van der Waals surface area (Å²) in [7, 11) is 2.00. The molecular formula is C16H23Cl2N. The first kappa shape index (κ1) is 15.2. The lowest BCUT2D eigenvalue weighted by molar-refractivity contribution is 0.317. The Morgan fingerprint density at radius 2 is 1.95 bits per heavy atom. The molecule has 0 radical (unpaired) electrons. The van der Waals surface area contributed by atoms with E-state index in [4.69, 9.17) is 23.2 Å². The molecule has 1 aromatic carbocycles. The van der Waals surface area contributed by atoms with Gasteiger partial charge < -0.3 is 5.32 Å². The van der Waals surface area contributed by atoms with Crippen LogP contribution in [-0.2, 0) is 0 Å². The summed E-state index contributed by atoms with van der Waals surface area (Å²) < 4.78 is 0. The first-order chi connectivity index (χ1) is 9.20. The van der Waals surface area contributed by atoms with Crippen LogP contribution in [0.5, 0.6) is 0 Å². The van der Waals surface area contributed by atoms with E-state index in [1.54, 1.807) is 0 Å². The van der Waals surface area contributed by atoms with E-state index in [0.29, 0.717) is 6.04 Å². The summed E-state index contributed by atoms with van der Waals surface area (Å²) in [6.07, 6.45) is 9.47. The maximum Gasteiger partial charge on any atom is 0.0454 e. The van der Waals surface area contributed by atoms with E-state index in [-0.39, 0.29) is 0 Å². The van der Waals surface area contributed by atoms with Crippen LogP contribution in [0.2, 0.25) is 10.0 Å². The van der Waals surface area contributed by atoms with Crippen molar-refractivity contribution in [1.29, 1.82) is 0 Å². The highest BCUT2D eigenvalue weighted by atomic mass is 35.5. The third kappa shape index (κ3) is 4.37. The average Bonchev–Trinajstić information content (AvgIpc) is 2.44. The average molecular weight is 300 g/mol. The van der Waals surface area contributed by atoms with E-state index in [1.807, 2.05) is 25.2 Å². The molecule has 0 aliphatic heterocycles. The fourth-order valence-corrected chi connectivity index (χ4v) is 3.54. The zero-order chi connectivity index (χ0) is 13.7. The highest BCUT2D eigenvalue weighted by Crippen LogP contribution is 2.33. The molecule has 1 atom stereocenters. The summed E-state index contributed by atoms with van der Waals surface area (Å²) in [4.78, 5) is 0. The highest BCUT2D eigenvalue weighted by Gasteiger charge is 2.18. The molecule has 1 aliphatic carbocycles. The third-order valence-electron chi connectivity index (χ3n) is 4.27. The van der Waals surface area contributed by atoms with Crippen molar-refractivity contribution in [1.82, 2.24) is 5.32 Å². The van der Waals surface area contributed by atoms with Gasteiger partial charge in [0, 0.05) is 16.1 Å². The van der Waals surface area contributed by atoms with E-state index in [1.165, 1.54) is 38.5 Å². The minimum atomic E-state index is 0.313. The molecule has 0 amide bonds. The number of hydrogen-bond donors (Lipinski definition) is 1. The molecule has 0 spiro atoms. The van der Waals surface area contributed by atoms with Gasteiger partial charge in [-0.05, 0) is 49.6 Å². The molecule has 0 saturated heterocycles. The Morgan fingerprint density at radius 3 is 2.63 bits per heavy atom. The fraction of sp³-hybridized carbons (Fsp3) is 0.625. The van der Waals surface area contributed by atoms with Crippen molar-refractivity contribution in [2.75, 3.05) is 7.05 Å². The minimum absolute atomic E-state index is 0.313. The van der Waals surface area contributed by atoms with Crippen molar-refractivity contribution in [2.24, 2.45) is 5.92 Å². The standard InChI is InChI=1S/C16H23Cl2N/c1-19-16(10-7-12-5-3-2-4-6-12)14-11-13(17)8-9-15(14)18/h8-9,11-12,16,19H,2-7,10H2,1H3. The minimum Gasteiger partial charge on any atom is -0.313 e. The topological polar surface area (TPSA) is 12.0 Å². The van der Waals surface area contributed by atoms with Gasteiger partial charge in [0.25, 0.3) is 0 Å². The zero-order valence-corrected chi connectivity index (χ0v) is 13.1. The summed E-state index contributed by atoms with van der Waals surface area (Å²) in [6.45, 7) is 0. The number of hydrogen-bond acceptors (Lipinski definition) is 1. The second-order valence-corrected chi connectivity index (χ2v) is 6.43. The molecule has 1 fully saturated rings. The van der Waals surface area contributed by atoms with Crippen molar-refractivity contribution in [2.45, 2.75) is 51.0 Å². The smallest absolute Gasteiger partial charge is 0.0454 e. The molecule has 1 aliphatic rings. The first-order valence-electron chi connectivity index (χ1n) is 7.33. The lowest BCUT2D eigenvalue weighted by atomic mass is 9.84. The van der Waals surface area contributed by atoms with Gasteiger partial charge in [-0.2, -0.15) is 0 Å². The number of halogens is 2. The Hall–Kier alpha value is -0.240. The summed E-state index contributed by atoms with van der Waals surface area (Å²) in [5, 5.41) is 4.96. The molecule has 1 aromatic rings. The maximum absolute atomic E-state index is 6.29. The first-order valence-corrected chi connectivity index (χ1v) is 8.08. The largest absolute Gasteiger partial charge is 0.313 e. The van der Waals surface area contributed by atoms with Crippen LogP contribution in [0.1, 0.15) is 56.6 Å². The Kier molecular flexibility index (Phi) is 6.00. The Labute approximate surface area is 126 Å². The molecule has 1 nitrogen and oxygen atoms in total. The fourth-order valence-electron chi connectivity index (χ4n) is 3.12. The van der Waals surface area contributed by atoms with E-state index in [0.717, 1.165) is 27.9 Å². The van der Waals surface area contributed by atoms with E-state index in [2.05, 4.69) is 5.32 Å². The van der Waals surface area contributed by atoms with Crippen LogP contribution < -0.4 is 5.32 Å². The van der Waals surface area contributed by atoms with Crippen LogP contribution in [0.25, 0.3) is 0 Å². The molecule has 2 rings (SSSR count). The summed E-state index contributed by atoms with van der Waals surface area (Å²) >= 11 is 12.4. The van der Waals surface area contributed by atoms with Gasteiger partial charge in [0.1, 0.15) is 0 Å². The Morgan fingerprint density at radius 1 is 1.21 bits per heavy atom.